The third-order valence-corrected chi connectivity index (χ3v) is 4.05. The molecule has 1 saturated carbocycles. The second kappa shape index (κ2) is 5.05. The molecular formula is C14H27NO. The summed E-state index contributed by atoms with van der Waals surface area (Å²) in [5.41, 5.74) is 0.520. The van der Waals surface area contributed by atoms with Gasteiger partial charge in [-0.05, 0) is 43.4 Å². The van der Waals surface area contributed by atoms with Gasteiger partial charge in [-0.1, -0.05) is 20.8 Å². The Labute approximate surface area is 100 Å². The van der Waals surface area contributed by atoms with Crippen LogP contribution in [0.5, 0.6) is 0 Å². The molecule has 3 unspecified atom stereocenters. The summed E-state index contributed by atoms with van der Waals surface area (Å²) in [5.74, 6) is 0.866. The minimum atomic E-state index is 0.486. The maximum atomic E-state index is 5.66. The van der Waals surface area contributed by atoms with Gasteiger partial charge in [0, 0.05) is 19.2 Å². The van der Waals surface area contributed by atoms with Crippen molar-refractivity contribution in [1.82, 2.24) is 5.32 Å². The lowest BCUT2D eigenvalue weighted by atomic mass is 9.70. The Morgan fingerprint density at radius 2 is 2.12 bits per heavy atom. The third-order valence-electron chi connectivity index (χ3n) is 4.05. The maximum Gasteiger partial charge on any atom is 0.0700 e. The Morgan fingerprint density at radius 3 is 2.75 bits per heavy atom. The van der Waals surface area contributed by atoms with Crippen molar-refractivity contribution in [2.45, 2.75) is 65.0 Å². The van der Waals surface area contributed by atoms with Crippen LogP contribution in [0.1, 0.15) is 52.9 Å². The molecule has 16 heavy (non-hydrogen) atoms. The maximum absolute atomic E-state index is 5.66. The first kappa shape index (κ1) is 12.4. The van der Waals surface area contributed by atoms with Gasteiger partial charge in [0.25, 0.3) is 0 Å². The van der Waals surface area contributed by atoms with Gasteiger partial charge in [0.1, 0.15) is 0 Å². The number of rotatable bonds is 3. The summed E-state index contributed by atoms with van der Waals surface area (Å²) < 4.78 is 5.66. The molecule has 94 valence electrons. The number of hydrogen-bond acceptors (Lipinski definition) is 2. The Balaban J connectivity index is 1.75. The quantitative estimate of drug-likeness (QED) is 0.797. The highest BCUT2D eigenvalue weighted by atomic mass is 16.5. The molecule has 0 amide bonds. The monoisotopic (exact) mass is 225 g/mol. The van der Waals surface area contributed by atoms with Gasteiger partial charge in [-0.25, -0.2) is 0 Å². The van der Waals surface area contributed by atoms with Crippen LogP contribution in [0.25, 0.3) is 0 Å². The predicted molar refractivity (Wildman–Crippen MR) is 67.6 cm³/mol. The lowest BCUT2D eigenvalue weighted by Gasteiger charge is -2.39. The predicted octanol–water partition coefficient (Wildman–Crippen LogP) is 2.97. The van der Waals surface area contributed by atoms with Crippen LogP contribution in [-0.4, -0.2) is 25.3 Å². The molecule has 0 radical (unpaired) electrons. The molecule has 1 saturated heterocycles. The topological polar surface area (TPSA) is 21.3 Å². The highest BCUT2D eigenvalue weighted by Gasteiger charge is 2.32. The molecule has 2 fully saturated rings. The van der Waals surface area contributed by atoms with E-state index in [4.69, 9.17) is 4.74 Å². The van der Waals surface area contributed by atoms with E-state index in [-0.39, 0.29) is 0 Å². The van der Waals surface area contributed by atoms with Gasteiger partial charge in [-0.15, -0.1) is 0 Å². The van der Waals surface area contributed by atoms with Crippen molar-refractivity contribution in [3.63, 3.8) is 0 Å². The molecule has 1 heterocycles. The zero-order valence-corrected chi connectivity index (χ0v) is 11.1. The molecular weight excluding hydrogens is 198 g/mol. The van der Waals surface area contributed by atoms with E-state index in [1.165, 1.54) is 32.1 Å². The Morgan fingerprint density at radius 1 is 1.31 bits per heavy atom. The highest BCUT2D eigenvalue weighted by molar-refractivity contribution is 4.87. The molecule has 1 aliphatic carbocycles. The molecule has 1 N–H and O–H groups in total. The Kier molecular flexibility index (Phi) is 3.91. The van der Waals surface area contributed by atoms with Gasteiger partial charge >= 0.3 is 0 Å². The number of hydrogen-bond donors (Lipinski definition) is 1. The minimum absolute atomic E-state index is 0.486. The second-order valence-corrected chi connectivity index (χ2v) is 6.65. The van der Waals surface area contributed by atoms with Crippen LogP contribution < -0.4 is 5.32 Å². The molecule has 2 heteroatoms. The average molecular weight is 225 g/mol. The van der Waals surface area contributed by atoms with Gasteiger partial charge in [-0.2, -0.15) is 0 Å². The normalized spacial score (nSPS) is 38.8. The van der Waals surface area contributed by atoms with Gasteiger partial charge in [0.05, 0.1) is 6.10 Å². The largest absolute Gasteiger partial charge is 0.377 e. The van der Waals surface area contributed by atoms with E-state index in [1.54, 1.807) is 0 Å². The molecule has 0 aromatic rings. The summed E-state index contributed by atoms with van der Waals surface area (Å²) in [6.45, 7) is 9.24. The van der Waals surface area contributed by atoms with E-state index in [2.05, 4.69) is 26.1 Å². The second-order valence-electron chi connectivity index (χ2n) is 6.65. The van der Waals surface area contributed by atoms with E-state index < -0.39 is 0 Å². The van der Waals surface area contributed by atoms with E-state index in [1.807, 2.05) is 0 Å². The van der Waals surface area contributed by atoms with Crippen LogP contribution in [0.4, 0.5) is 0 Å². The zero-order valence-electron chi connectivity index (χ0n) is 11.1. The van der Waals surface area contributed by atoms with Crippen LogP contribution >= 0.6 is 0 Å². The molecule has 0 bridgehead atoms. The lowest BCUT2D eigenvalue weighted by molar-refractivity contribution is 0.0942. The third kappa shape index (κ3) is 3.46. The van der Waals surface area contributed by atoms with E-state index in [9.17, 15) is 0 Å². The van der Waals surface area contributed by atoms with Crippen LogP contribution in [0.2, 0.25) is 0 Å². The molecule has 0 spiro atoms. The summed E-state index contributed by atoms with van der Waals surface area (Å²) in [6, 6.07) is 0.711. The Hall–Kier alpha value is -0.0800. The summed E-state index contributed by atoms with van der Waals surface area (Å²) >= 11 is 0. The summed E-state index contributed by atoms with van der Waals surface area (Å²) in [7, 11) is 0. The van der Waals surface area contributed by atoms with Crippen molar-refractivity contribution in [2.24, 2.45) is 11.3 Å². The van der Waals surface area contributed by atoms with E-state index >= 15 is 0 Å². The fraction of sp³-hybridized carbons (Fsp3) is 1.00. The average Bonchev–Trinajstić information content (AvgIpc) is 2.63. The van der Waals surface area contributed by atoms with Crippen molar-refractivity contribution < 1.29 is 4.74 Å². The van der Waals surface area contributed by atoms with Crippen molar-refractivity contribution in [3.8, 4) is 0 Å². The SMILES string of the molecule is CC1CC(NCC2CCCO2)CC(C)(C)C1. The fourth-order valence-corrected chi connectivity index (χ4v) is 3.60. The van der Waals surface area contributed by atoms with Crippen LogP contribution in [-0.2, 0) is 4.74 Å². The molecule has 0 aromatic heterocycles. The number of ether oxygens (including phenoxy) is 1. The van der Waals surface area contributed by atoms with Crippen molar-refractivity contribution in [1.29, 1.82) is 0 Å². The zero-order chi connectivity index (χ0) is 11.6. The highest BCUT2D eigenvalue weighted by Crippen LogP contribution is 2.38. The van der Waals surface area contributed by atoms with Crippen molar-refractivity contribution in [3.05, 3.63) is 0 Å². The van der Waals surface area contributed by atoms with Crippen LogP contribution in [0, 0.1) is 11.3 Å². The standard InChI is InChI=1S/C14H27NO/c1-11-7-12(9-14(2,3)8-11)15-10-13-5-4-6-16-13/h11-13,15H,4-10H2,1-3H3. The lowest BCUT2D eigenvalue weighted by Crippen LogP contribution is -2.42. The van der Waals surface area contributed by atoms with Crippen molar-refractivity contribution >= 4 is 0 Å². The minimum Gasteiger partial charge on any atom is -0.377 e. The summed E-state index contributed by atoms with van der Waals surface area (Å²) in [4.78, 5) is 0. The van der Waals surface area contributed by atoms with Gasteiger partial charge < -0.3 is 10.1 Å². The van der Waals surface area contributed by atoms with Crippen LogP contribution in [0.15, 0.2) is 0 Å². The molecule has 1 aliphatic heterocycles. The van der Waals surface area contributed by atoms with Crippen LogP contribution in [0.3, 0.4) is 0 Å². The summed E-state index contributed by atoms with van der Waals surface area (Å²) in [6.07, 6.45) is 7.03. The number of nitrogens with one attached hydrogen (secondary N) is 1. The first-order valence-electron chi connectivity index (χ1n) is 6.90. The summed E-state index contributed by atoms with van der Waals surface area (Å²) in [5, 5.41) is 3.72. The Bertz CT molecular complexity index is 221. The first-order chi connectivity index (χ1) is 7.55. The molecule has 2 rings (SSSR count). The molecule has 3 atom stereocenters. The van der Waals surface area contributed by atoms with Gasteiger partial charge in [0.15, 0.2) is 0 Å². The molecule has 2 nitrogen and oxygen atoms in total. The smallest absolute Gasteiger partial charge is 0.0700 e. The first-order valence-corrected chi connectivity index (χ1v) is 6.90. The fourth-order valence-electron chi connectivity index (χ4n) is 3.60. The van der Waals surface area contributed by atoms with E-state index in [0.29, 0.717) is 17.6 Å². The molecule has 2 aliphatic rings. The van der Waals surface area contributed by atoms with Gasteiger partial charge in [-0.3, -0.25) is 0 Å². The van der Waals surface area contributed by atoms with Gasteiger partial charge in [0.2, 0.25) is 0 Å². The van der Waals surface area contributed by atoms with Crippen molar-refractivity contribution in [2.75, 3.05) is 13.2 Å². The van der Waals surface area contributed by atoms with E-state index in [0.717, 1.165) is 19.1 Å². The molecule has 0 aromatic carbocycles.